The Morgan fingerprint density at radius 3 is 2.46 bits per heavy atom. The molecule has 1 amide bonds. The highest BCUT2D eigenvalue weighted by molar-refractivity contribution is 8.00. The van der Waals surface area contributed by atoms with Crippen molar-refractivity contribution < 1.29 is 14.3 Å². The topological polar surface area (TPSA) is 52.6 Å². The highest BCUT2D eigenvalue weighted by atomic mass is 35.5. The average molecular weight is 395 g/mol. The van der Waals surface area contributed by atoms with Gasteiger partial charge in [-0.1, -0.05) is 66.5 Å². The summed E-state index contributed by atoms with van der Waals surface area (Å²) in [6, 6.07) is 14.5. The molecule has 1 aliphatic heterocycles. The first kappa shape index (κ1) is 20.3. The van der Waals surface area contributed by atoms with E-state index in [1.54, 1.807) is 10.3 Å². The lowest BCUT2D eigenvalue weighted by Gasteiger charge is -2.17. The summed E-state index contributed by atoms with van der Waals surface area (Å²) in [6.45, 7) is 4.72. The van der Waals surface area contributed by atoms with Gasteiger partial charge in [0.25, 0.3) is 5.91 Å². The lowest BCUT2D eigenvalue weighted by Crippen LogP contribution is -2.32. The maximum Gasteiger partial charge on any atom is 0.254 e. The molecule has 2 N–H and O–H groups in total. The van der Waals surface area contributed by atoms with E-state index in [0.717, 1.165) is 12.5 Å². The number of nitrogens with zero attached hydrogens (tertiary/aromatic N) is 1. The molecule has 0 aromatic heterocycles. The maximum absolute atomic E-state index is 13.4. The molecule has 2 aromatic carbocycles. The van der Waals surface area contributed by atoms with E-state index in [4.69, 9.17) is 11.6 Å². The first-order chi connectivity index (χ1) is 12.5. The fraction of sp³-hybridized carbons (Fsp3) is 0.211. The number of nitrogens with one attached hydrogen (secondary N) is 1. The van der Waals surface area contributed by atoms with Crippen LogP contribution in [0.5, 0.6) is 5.75 Å². The van der Waals surface area contributed by atoms with Crippen molar-refractivity contribution in [2.24, 2.45) is 0 Å². The molecule has 0 bridgehead atoms. The van der Waals surface area contributed by atoms with E-state index in [9.17, 15) is 14.3 Å². The van der Waals surface area contributed by atoms with Gasteiger partial charge in [0.1, 0.15) is 0 Å². The molecule has 1 unspecified atom stereocenters. The molecule has 1 heterocycles. The van der Waals surface area contributed by atoms with Crippen molar-refractivity contribution in [3.05, 3.63) is 76.9 Å². The van der Waals surface area contributed by atoms with E-state index in [2.05, 4.69) is 11.3 Å². The molecule has 0 saturated carbocycles. The van der Waals surface area contributed by atoms with Crippen LogP contribution in [0.4, 0.5) is 4.39 Å². The Balaban J connectivity index is 0.000000342. The number of phenolic OH excluding ortho intramolecular Hbond substituents is 1. The summed E-state index contributed by atoms with van der Waals surface area (Å²) in [7, 11) is 0. The predicted octanol–water partition coefficient (Wildman–Crippen LogP) is 4.47. The molecule has 1 saturated heterocycles. The standard InChI is InChI=1S/C13H14ClFN2O2S.C6H6/c1-2-20-16-9-3-4-17(7-9)13(19)8-5-10(14)12(18)11(15)6-8;1-2-4-6-5-3-1/h2,5-6,9,16,18H,1,3-4,7H2;1-6H. The number of halogens is 2. The minimum Gasteiger partial charge on any atom is -0.504 e. The summed E-state index contributed by atoms with van der Waals surface area (Å²) in [5, 5.41) is 10.8. The molecule has 0 radical (unpaired) electrons. The Morgan fingerprint density at radius 1 is 1.31 bits per heavy atom. The molecule has 3 rings (SSSR count). The van der Waals surface area contributed by atoms with Crippen molar-refractivity contribution in [2.75, 3.05) is 13.1 Å². The lowest BCUT2D eigenvalue weighted by molar-refractivity contribution is 0.0790. The summed E-state index contributed by atoms with van der Waals surface area (Å²) in [5.41, 5.74) is 0.141. The minimum atomic E-state index is -0.892. The van der Waals surface area contributed by atoms with Crippen molar-refractivity contribution in [1.29, 1.82) is 0 Å². The van der Waals surface area contributed by atoms with Gasteiger partial charge in [0.2, 0.25) is 0 Å². The molecule has 0 spiro atoms. The van der Waals surface area contributed by atoms with Crippen LogP contribution in [0.3, 0.4) is 0 Å². The van der Waals surface area contributed by atoms with Crippen LogP contribution >= 0.6 is 23.5 Å². The van der Waals surface area contributed by atoms with Crippen LogP contribution in [0.1, 0.15) is 16.8 Å². The number of carbonyl (C=O) groups is 1. The van der Waals surface area contributed by atoms with E-state index in [-0.39, 0.29) is 22.5 Å². The lowest BCUT2D eigenvalue weighted by atomic mass is 10.2. The predicted molar refractivity (Wildman–Crippen MR) is 105 cm³/mol. The van der Waals surface area contributed by atoms with E-state index in [1.807, 2.05) is 36.4 Å². The van der Waals surface area contributed by atoms with Gasteiger partial charge in [-0.15, -0.1) is 0 Å². The smallest absolute Gasteiger partial charge is 0.254 e. The minimum absolute atomic E-state index is 0.141. The average Bonchev–Trinajstić information content (AvgIpc) is 3.14. The third-order valence-electron chi connectivity index (χ3n) is 3.72. The number of aromatic hydroxyl groups is 1. The zero-order chi connectivity index (χ0) is 18.9. The van der Waals surface area contributed by atoms with Gasteiger partial charge in [-0.25, -0.2) is 4.39 Å². The fourth-order valence-electron chi connectivity index (χ4n) is 2.44. The van der Waals surface area contributed by atoms with Crippen LogP contribution in [0.25, 0.3) is 0 Å². The van der Waals surface area contributed by atoms with Crippen LogP contribution in [0.2, 0.25) is 5.02 Å². The van der Waals surface area contributed by atoms with Gasteiger partial charge in [0, 0.05) is 24.7 Å². The normalized spacial score (nSPS) is 15.9. The van der Waals surface area contributed by atoms with Crippen LogP contribution in [0, 0.1) is 5.82 Å². The van der Waals surface area contributed by atoms with Gasteiger partial charge < -0.3 is 10.0 Å². The highest BCUT2D eigenvalue weighted by Crippen LogP contribution is 2.28. The molecular formula is C19H20ClFN2O2S. The van der Waals surface area contributed by atoms with Crippen molar-refractivity contribution >= 4 is 29.5 Å². The molecule has 2 aromatic rings. The van der Waals surface area contributed by atoms with E-state index in [0.29, 0.717) is 13.1 Å². The number of carbonyl (C=O) groups excluding carboxylic acids is 1. The number of phenols is 1. The number of hydrogen-bond donors (Lipinski definition) is 2. The number of rotatable bonds is 4. The van der Waals surface area contributed by atoms with E-state index in [1.165, 1.54) is 18.0 Å². The summed E-state index contributed by atoms with van der Waals surface area (Å²) < 4.78 is 16.6. The van der Waals surface area contributed by atoms with Crippen molar-refractivity contribution in [3.63, 3.8) is 0 Å². The Labute approximate surface area is 161 Å². The quantitative estimate of drug-likeness (QED) is 0.751. The molecule has 4 nitrogen and oxygen atoms in total. The number of amides is 1. The van der Waals surface area contributed by atoms with Crippen molar-refractivity contribution in [2.45, 2.75) is 12.5 Å². The third kappa shape index (κ3) is 5.76. The van der Waals surface area contributed by atoms with Crippen molar-refractivity contribution in [1.82, 2.24) is 9.62 Å². The van der Waals surface area contributed by atoms with Crippen LogP contribution in [-0.4, -0.2) is 35.0 Å². The monoisotopic (exact) mass is 394 g/mol. The second-order valence-corrected chi connectivity index (χ2v) is 6.79. The van der Waals surface area contributed by atoms with E-state index < -0.39 is 11.6 Å². The number of hydrogen-bond acceptors (Lipinski definition) is 4. The van der Waals surface area contributed by atoms with Crippen molar-refractivity contribution in [3.8, 4) is 5.75 Å². The molecule has 138 valence electrons. The van der Waals surface area contributed by atoms with Gasteiger partial charge in [-0.2, -0.15) is 0 Å². The molecular weight excluding hydrogens is 375 g/mol. The first-order valence-corrected chi connectivity index (χ1v) is 9.28. The van der Waals surface area contributed by atoms with Gasteiger partial charge in [-0.05, 0) is 24.0 Å². The number of likely N-dealkylation sites (tertiary alicyclic amines) is 1. The Morgan fingerprint density at radius 2 is 1.92 bits per heavy atom. The Bertz CT molecular complexity index is 696. The van der Waals surface area contributed by atoms with Gasteiger partial charge in [0.05, 0.1) is 5.02 Å². The fourth-order valence-corrected chi connectivity index (χ4v) is 3.13. The first-order valence-electron chi connectivity index (χ1n) is 8.02. The maximum atomic E-state index is 13.4. The Kier molecular flexibility index (Phi) is 7.97. The largest absolute Gasteiger partial charge is 0.504 e. The van der Waals surface area contributed by atoms with Crippen LogP contribution in [-0.2, 0) is 0 Å². The molecule has 1 atom stereocenters. The zero-order valence-corrected chi connectivity index (χ0v) is 15.6. The van der Waals surface area contributed by atoms with Crippen LogP contribution < -0.4 is 4.72 Å². The van der Waals surface area contributed by atoms with Gasteiger partial charge in [0.15, 0.2) is 11.6 Å². The second kappa shape index (κ2) is 10.2. The Hall–Kier alpha value is -2.02. The second-order valence-electron chi connectivity index (χ2n) is 5.58. The number of benzene rings is 2. The molecule has 7 heteroatoms. The summed E-state index contributed by atoms with van der Waals surface area (Å²) >= 11 is 7.06. The molecule has 26 heavy (non-hydrogen) atoms. The molecule has 1 fully saturated rings. The van der Waals surface area contributed by atoms with Gasteiger partial charge >= 0.3 is 0 Å². The SMILES string of the molecule is C=CSNC1CCN(C(=O)c2cc(F)c(O)c(Cl)c2)C1.c1ccccc1. The summed E-state index contributed by atoms with van der Waals surface area (Å²) in [5.74, 6) is -1.82. The summed E-state index contributed by atoms with van der Waals surface area (Å²) in [4.78, 5) is 13.9. The highest BCUT2D eigenvalue weighted by Gasteiger charge is 2.27. The van der Waals surface area contributed by atoms with Gasteiger partial charge in [-0.3, -0.25) is 9.52 Å². The van der Waals surface area contributed by atoms with E-state index >= 15 is 0 Å². The summed E-state index contributed by atoms with van der Waals surface area (Å²) in [6.07, 6.45) is 0.820. The molecule has 0 aliphatic carbocycles. The van der Waals surface area contributed by atoms with Crippen LogP contribution in [0.15, 0.2) is 60.5 Å². The molecule has 1 aliphatic rings. The zero-order valence-electron chi connectivity index (χ0n) is 14.1. The third-order valence-corrected chi connectivity index (χ3v) is 4.65.